The molecule has 1 fully saturated rings. The summed E-state index contributed by atoms with van der Waals surface area (Å²) in [5, 5.41) is 12.0. The van der Waals surface area contributed by atoms with Crippen LogP contribution >= 0.6 is 12.2 Å². The molecule has 1 aromatic rings. The average Bonchev–Trinajstić information content (AvgIpc) is 2.56. The number of nitriles is 1. The highest BCUT2D eigenvalue weighted by Crippen LogP contribution is 2.18. The van der Waals surface area contributed by atoms with Crippen LogP contribution in [0.15, 0.2) is 35.7 Å². The Morgan fingerprint density at radius 3 is 2.36 bits per heavy atom. The predicted molar refractivity (Wildman–Crippen MR) is 88.7 cm³/mol. The summed E-state index contributed by atoms with van der Waals surface area (Å²) in [6.45, 7) is 2.86. The van der Waals surface area contributed by atoms with E-state index < -0.39 is 0 Å². The van der Waals surface area contributed by atoms with Crippen molar-refractivity contribution in [2.45, 2.75) is 0 Å². The quantitative estimate of drug-likeness (QED) is 0.495. The molecule has 0 atom stereocenters. The molecule has 0 aromatic heterocycles. The average molecular weight is 319 g/mol. The van der Waals surface area contributed by atoms with E-state index in [1.807, 2.05) is 4.90 Å². The summed E-state index contributed by atoms with van der Waals surface area (Å²) in [5.41, 5.74) is 7.35. The maximum Gasteiger partial charge on any atom is 0.126 e. The van der Waals surface area contributed by atoms with Crippen LogP contribution in [0, 0.1) is 17.1 Å². The van der Waals surface area contributed by atoms with Crippen LogP contribution in [0.25, 0.3) is 0 Å². The van der Waals surface area contributed by atoms with Crippen molar-refractivity contribution in [2.75, 3.05) is 38.1 Å². The van der Waals surface area contributed by atoms with Gasteiger partial charge in [0.2, 0.25) is 0 Å². The summed E-state index contributed by atoms with van der Waals surface area (Å²) in [7, 11) is 1.67. The van der Waals surface area contributed by atoms with Crippen LogP contribution < -0.4 is 16.0 Å². The molecule has 1 aromatic carbocycles. The molecule has 7 heteroatoms. The minimum atomic E-state index is -0.242. The van der Waals surface area contributed by atoms with Gasteiger partial charge in [0.05, 0.1) is 0 Å². The van der Waals surface area contributed by atoms with Crippen LogP contribution in [0.2, 0.25) is 0 Å². The maximum atomic E-state index is 13.0. The summed E-state index contributed by atoms with van der Waals surface area (Å²) < 4.78 is 13.0. The molecule has 0 unspecified atom stereocenters. The fraction of sp³-hybridized carbons (Fsp3) is 0.333. The van der Waals surface area contributed by atoms with Crippen molar-refractivity contribution in [3.63, 3.8) is 0 Å². The number of benzene rings is 1. The second-order valence-corrected chi connectivity index (χ2v) is 5.31. The maximum absolute atomic E-state index is 13.0. The number of thiocarbonyl (C=S) groups is 1. The minimum Gasteiger partial charge on any atom is -0.384 e. The van der Waals surface area contributed by atoms with Crippen molar-refractivity contribution in [1.29, 1.82) is 5.26 Å². The molecule has 1 heterocycles. The molecule has 0 bridgehead atoms. The first-order valence-electron chi connectivity index (χ1n) is 6.94. The fourth-order valence-electron chi connectivity index (χ4n) is 2.36. The Labute approximate surface area is 134 Å². The zero-order valence-electron chi connectivity index (χ0n) is 12.3. The van der Waals surface area contributed by atoms with Crippen molar-refractivity contribution in [2.24, 2.45) is 5.73 Å². The molecule has 2 rings (SSSR count). The van der Waals surface area contributed by atoms with Crippen molar-refractivity contribution < 1.29 is 4.39 Å². The molecule has 1 aliphatic heterocycles. The molecule has 1 saturated heterocycles. The normalized spacial score (nSPS) is 15.9. The summed E-state index contributed by atoms with van der Waals surface area (Å²) in [6.07, 6.45) is 0. The van der Waals surface area contributed by atoms with Gasteiger partial charge in [-0.1, -0.05) is 12.2 Å². The molecular weight excluding hydrogens is 301 g/mol. The van der Waals surface area contributed by atoms with Gasteiger partial charge in [-0.2, -0.15) is 5.26 Å². The molecule has 22 heavy (non-hydrogen) atoms. The molecule has 0 amide bonds. The van der Waals surface area contributed by atoms with Gasteiger partial charge in [-0.05, 0) is 24.3 Å². The SMILES string of the molecule is CNC(=S)C(C#N)=C(N)N1CCN(c2ccc(F)cc2)CC1. The standard InChI is InChI=1S/C15H18FN5S/c1-19-15(22)13(10-17)14(18)21-8-6-20(7-9-21)12-4-2-11(16)3-5-12/h2-5H,6-9,18H2,1H3,(H,19,22). The van der Waals surface area contributed by atoms with Crippen molar-refractivity contribution in [1.82, 2.24) is 10.2 Å². The van der Waals surface area contributed by atoms with Gasteiger partial charge in [0, 0.05) is 38.9 Å². The van der Waals surface area contributed by atoms with Gasteiger partial charge in [0.25, 0.3) is 0 Å². The highest BCUT2D eigenvalue weighted by molar-refractivity contribution is 7.80. The van der Waals surface area contributed by atoms with Crippen LogP contribution in [0.5, 0.6) is 0 Å². The van der Waals surface area contributed by atoms with Crippen LogP contribution in [-0.2, 0) is 0 Å². The lowest BCUT2D eigenvalue weighted by molar-refractivity contribution is 0.317. The number of likely N-dealkylation sites (N-methyl/N-ethyl adjacent to an activating group) is 1. The van der Waals surface area contributed by atoms with E-state index in [0.29, 0.717) is 29.5 Å². The van der Waals surface area contributed by atoms with Crippen LogP contribution in [0.1, 0.15) is 0 Å². The van der Waals surface area contributed by atoms with E-state index in [-0.39, 0.29) is 5.82 Å². The zero-order valence-corrected chi connectivity index (χ0v) is 13.2. The molecule has 0 saturated carbocycles. The van der Waals surface area contributed by atoms with Gasteiger partial charge in [-0.25, -0.2) is 4.39 Å². The van der Waals surface area contributed by atoms with Gasteiger partial charge < -0.3 is 20.9 Å². The number of nitrogens with two attached hydrogens (primary N) is 1. The van der Waals surface area contributed by atoms with Gasteiger partial charge >= 0.3 is 0 Å². The number of anilines is 1. The molecule has 5 nitrogen and oxygen atoms in total. The molecule has 1 aliphatic rings. The first-order valence-corrected chi connectivity index (χ1v) is 7.35. The van der Waals surface area contributed by atoms with E-state index in [0.717, 1.165) is 18.8 Å². The van der Waals surface area contributed by atoms with E-state index >= 15 is 0 Å². The number of nitrogens with one attached hydrogen (secondary N) is 1. The Hall–Kier alpha value is -2.33. The van der Waals surface area contributed by atoms with E-state index in [1.165, 1.54) is 12.1 Å². The van der Waals surface area contributed by atoms with Crippen LogP contribution in [-0.4, -0.2) is 43.1 Å². The smallest absolute Gasteiger partial charge is 0.126 e. The largest absolute Gasteiger partial charge is 0.384 e. The number of hydrogen-bond donors (Lipinski definition) is 2. The van der Waals surface area contributed by atoms with Gasteiger partial charge in [-0.15, -0.1) is 0 Å². The molecule has 3 N–H and O–H groups in total. The van der Waals surface area contributed by atoms with Crippen molar-refractivity contribution >= 4 is 22.9 Å². The first-order chi connectivity index (χ1) is 10.6. The molecule has 0 radical (unpaired) electrons. The van der Waals surface area contributed by atoms with Gasteiger partial charge in [0.1, 0.15) is 28.3 Å². The lowest BCUT2D eigenvalue weighted by Gasteiger charge is -2.37. The Morgan fingerprint density at radius 2 is 1.86 bits per heavy atom. The third-order valence-corrected chi connectivity index (χ3v) is 4.04. The second-order valence-electron chi connectivity index (χ2n) is 4.90. The van der Waals surface area contributed by atoms with E-state index in [9.17, 15) is 9.65 Å². The Morgan fingerprint density at radius 1 is 1.27 bits per heavy atom. The molecular formula is C15H18FN5S. The van der Waals surface area contributed by atoms with E-state index in [2.05, 4.69) is 16.3 Å². The topological polar surface area (TPSA) is 68.3 Å². The number of hydrogen-bond acceptors (Lipinski definition) is 5. The lowest BCUT2D eigenvalue weighted by atomic mass is 10.2. The van der Waals surface area contributed by atoms with Crippen molar-refractivity contribution in [3.05, 3.63) is 41.5 Å². The van der Waals surface area contributed by atoms with Crippen LogP contribution in [0.3, 0.4) is 0 Å². The number of piperazine rings is 1. The van der Waals surface area contributed by atoms with Gasteiger partial charge in [-0.3, -0.25) is 0 Å². The van der Waals surface area contributed by atoms with Gasteiger partial charge in [0.15, 0.2) is 0 Å². The predicted octanol–water partition coefficient (Wildman–Crippen LogP) is 1.19. The third kappa shape index (κ3) is 3.46. The molecule has 0 spiro atoms. The lowest BCUT2D eigenvalue weighted by Crippen LogP contribution is -2.48. The van der Waals surface area contributed by atoms with E-state index in [4.69, 9.17) is 18.0 Å². The Kier molecular flexibility index (Phi) is 5.17. The summed E-state index contributed by atoms with van der Waals surface area (Å²) in [5.74, 6) is 0.161. The second kappa shape index (κ2) is 7.09. The summed E-state index contributed by atoms with van der Waals surface area (Å²) >= 11 is 5.09. The number of halogens is 1. The zero-order chi connectivity index (χ0) is 16.1. The fourth-order valence-corrected chi connectivity index (χ4v) is 2.52. The van der Waals surface area contributed by atoms with Crippen molar-refractivity contribution in [3.8, 4) is 6.07 Å². The number of nitrogens with zero attached hydrogens (tertiary/aromatic N) is 3. The highest BCUT2D eigenvalue weighted by Gasteiger charge is 2.21. The minimum absolute atomic E-state index is 0.242. The molecule has 0 aliphatic carbocycles. The van der Waals surface area contributed by atoms with Crippen LogP contribution in [0.4, 0.5) is 10.1 Å². The number of rotatable bonds is 3. The monoisotopic (exact) mass is 319 g/mol. The van der Waals surface area contributed by atoms with E-state index in [1.54, 1.807) is 19.2 Å². The molecule has 116 valence electrons. The highest BCUT2D eigenvalue weighted by atomic mass is 32.1. The Balaban J connectivity index is 2.05. The third-order valence-electron chi connectivity index (χ3n) is 3.63. The summed E-state index contributed by atoms with van der Waals surface area (Å²) in [6, 6.07) is 8.49. The first kappa shape index (κ1) is 16.0. The summed E-state index contributed by atoms with van der Waals surface area (Å²) in [4.78, 5) is 4.45. The Bertz CT molecular complexity index is 612.